The fraction of sp³-hybridized carbons (Fsp3) is 0.0556. The zero-order chi connectivity index (χ0) is 41.7. The van der Waals surface area contributed by atoms with E-state index in [1.165, 1.54) is 23.3 Å². The summed E-state index contributed by atoms with van der Waals surface area (Å²) in [4.78, 5) is 14.9. The third-order valence-electron chi connectivity index (χ3n) is 11.4. The van der Waals surface area contributed by atoms with Crippen LogP contribution in [0.25, 0.3) is 95.0 Å². The Balaban J connectivity index is 1.23. The summed E-state index contributed by atoms with van der Waals surface area (Å²) in [5, 5.41) is 2.17. The van der Waals surface area contributed by atoms with Gasteiger partial charge < -0.3 is 4.57 Å². The van der Waals surface area contributed by atoms with Crippen LogP contribution in [0.3, 0.4) is 0 Å². The van der Waals surface area contributed by atoms with Crippen LogP contribution in [0.2, 0.25) is 0 Å². The van der Waals surface area contributed by atoms with Crippen molar-refractivity contribution in [3.8, 4) is 73.2 Å². The highest BCUT2D eigenvalue weighted by Crippen LogP contribution is 2.41. The summed E-state index contributed by atoms with van der Waals surface area (Å²) in [6.07, 6.45) is -4.48. The maximum atomic E-state index is 13.9. The molecular weight excluding hydrogens is 762 g/mol. The SMILES string of the molecule is Cc1ccccc1-c1ccc2c(c1)c1cc(-c3ccccc3C)ccc1n2-c1ccc(-c2nc(-c3ccccc3)nc(-c3ccccc3)n2)c(-c2ccc(C(F)(F)F)cc2)c1. The van der Waals surface area contributed by atoms with E-state index in [0.717, 1.165) is 73.0 Å². The van der Waals surface area contributed by atoms with Gasteiger partial charge in [0.1, 0.15) is 0 Å². The standard InChI is InChI=1S/C54H37F3N4/c1-34-13-9-11-19-43(34)39-23-29-49-47(31-39)48-32-40(44-20-12-10-14-35(44)2)24-30-50(48)61(49)42-27-28-45(46(33-42)36-21-25-41(26-22-36)54(55,56)57)53-59-51(37-15-5-3-6-16-37)58-52(60-53)38-17-7-4-8-18-38/h3-33H,1-2H3. The molecule has 10 rings (SSSR count). The minimum Gasteiger partial charge on any atom is -0.309 e. The number of alkyl halides is 3. The lowest BCUT2D eigenvalue weighted by Gasteiger charge is -2.16. The number of fused-ring (bicyclic) bond motifs is 3. The molecule has 0 radical (unpaired) electrons. The highest BCUT2D eigenvalue weighted by atomic mass is 19.4. The first kappa shape index (κ1) is 37.6. The molecule has 0 aliphatic heterocycles. The van der Waals surface area contributed by atoms with Crippen LogP contribution in [0.4, 0.5) is 13.2 Å². The summed E-state index contributed by atoms with van der Waals surface area (Å²) in [5.41, 5.74) is 12.6. The van der Waals surface area contributed by atoms with Crippen LogP contribution < -0.4 is 0 Å². The monoisotopic (exact) mass is 798 g/mol. The van der Waals surface area contributed by atoms with Gasteiger partial charge in [-0.15, -0.1) is 0 Å². The van der Waals surface area contributed by atoms with E-state index >= 15 is 0 Å². The first-order valence-electron chi connectivity index (χ1n) is 20.1. The van der Waals surface area contributed by atoms with Crippen LogP contribution in [0, 0.1) is 13.8 Å². The molecule has 0 saturated carbocycles. The molecule has 0 atom stereocenters. The van der Waals surface area contributed by atoms with Crippen LogP contribution in [-0.2, 0) is 6.18 Å². The van der Waals surface area contributed by atoms with Gasteiger partial charge in [0.15, 0.2) is 17.5 Å². The second kappa shape index (κ2) is 15.2. The molecule has 0 N–H and O–H groups in total. The molecule has 0 amide bonds. The summed E-state index contributed by atoms with van der Waals surface area (Å²) < 4.78 is 44.0. The molecule has 0 unspecified atom stereocenters. The van der Waals surface area contributed by atoms with Gasteiger partial charge in [-0.25, -0.2) is 15.0 Å². The maximum Gasteiger partial charge on any atom is 0.416 e. The molecule has 2 aromatic heterocycles. The number of aromatic nitrogens is 4. The molecule has 2 heterocycles. The van der Waals surface area contributed by atoms with Gasteiger partial charge >= 0.3 is 6.18 Å². The van der Waals surface area contributed by atoms with Crippen molar-refractivity contribution in [1.82, 2.24) is 19.5 Å². The van der Waals surface area contributed by atoms with Gasteiger partial charge in [0.2, 0.25) is 0 Å². The number of nitrogens with zero attached hydrogens (tertiary/aromatic N) is 4. The Kier molecular flexibility index (Phi) is 9.37. The lowest BCUT2D eigenvalue weighted by atomic mass is 9.97. The summed E-state index contributed by atoms with van der Waals surface area (Å²) in [7, 11) is 0. The predicted octanol–water partition coefficient (Wildman–Crippen LogP) is 14.6. The van der Waals surface area contributed by atoms with Crippen molar-refractivity contribution in [3.63, 3.8) is 0 Å². The van der Waals surface area contributed by atoms with E-state index in [-0.39, 0.29) is 0 Å². The third-order valence-corrected chi connectivity index (χ3v) is 11.4. The predicted molar refractivity (Wildman–Crippen MR) is 241 cm³/mol. The van der Waals surface area contributed by atoms with Gasteiger partial charge in [-0.2, -0.15) is 13.2 Å². The molecule has 0 bridgehead atoms. The van der Waals surface area contributed by atoms with Crippen LogP contribution in [0.1, 0.15) is 16.7 Å². The van der Waals surface area contributed by atoms with Gasteiger partial charge in [-0.05, 0) is 113 Å². The van der Waals surface area contributed by atoms with E-state index in [2.05, 4.69) is 103 Å². The van der Waals surface area contributed by atoms with Gasteiger partial charge in [0.05, 0.1) is 16.6 Å². The first-order valence-corrected chi connectivity index (χ1v) is 20.1. The Morgan fingerprint density at radius 1 is 0.377 bits per heavy atom. The first-order chi connectivity index (χ1) is 29.7. The van der Waals surface area contributed by atoms with E-state index < -0.39 is 11.7 Å². The highest BCUT2D eigenvalue weighted by Gasteiger charge is 2.30. The molecule has 0 saturated heterocycles. The van der Waals surface area contributed by atoms with E-state index in [1.807, 2.05) is 78.9 Å². The molecule has 4 nitrogen and oxygen atoms in total. The molecule has 0 aliphatic carbocycles. The molecule has 0 fully saturated rings. The van der Waals surface area contributed by atoms with Crippen molar-refractivity contribution in [2.75, 3.05) is 0 Å². The van der Waals surface area contributed by atoms with Crippen LogP contribution in [-0.4, -0.2) is 19.5 Å². The number of benzene rings is 8. The Labute approximate surface area is 351 Å². The normalized spacial score (nSPS) is 11.7. The summed E-state index contributed by atoms with van der Waals surface area (Å²) in [6.45, 7) is 4.25. The number of halogens is 3. The van der Waals surface area contributed by atoms with Gasteiger partial charge in [-0.3, -0.25) is 0 Å². The quantitative estimate of drug-likeness (QED) is 0.161. The van der Waals surface area contributed by atoms with Gasteiger partial charge in [0, 0.05) is 33.2 Å². The Morgan fingerprint density at radius 2 is 0.836 bits per heavy atom. The number of hydrogen-bond acceptors (Lipinski definition) is 3. The molecule has 8 aromatic carbocycles. The molecule has 61 heavy (non-hydrogen) atoms. The molecule has 7 heteroatoms. The third kappa shape index (κ3) is 7.04. The minimum atomic E-state index is -4.48. The molecular formula is C54H37F3N4. The zero-order valence-electron chi connectivity index (χ0n) is 33.3. The lowest BCUT2D eigenvalue weighted by molar-refractivity contribution is -0.137. The fourth-order valence-electron chi connectivity index (χ4n) is 8.30. The second-order valence-electron chi connectivity index (χ2n) is 15.3. The minimum absolute atomic E-state index is 0.405. The second-order valence-corrected chi connectivity index (χ2v) is 15.3. The van der Waals surface area contributed by atoms with Gasteiger partial charge in [0.25, 0.3) is 0 Å². The lowest BCUT2D eigenvalue weighted by Crippen LogP contribution is -2.04. The van der Waals surface area contributed by atoms with E-state index in [1.54, 1.807) is 0 Å². The average Bonchev–Trinajstić information content (AvgIpc) is 3.62. The van der Waals surface area contributed by atoms with Crippen molar-refractivity contribution >= 4 is 21.8 Å². The molecule has 294 valence electrons. The topological polar surface area (TPSA) is 43.6 Å². The van der Waals surface area contributed by atoms with Crippen LogP contribution >= 0.6 is 0 Å². The maximum absolute atomic E-state index is 13.9. The molecule has 0 aliphatic rings. The Hall–Kier alpha value is -7.64. The van der Waals surface area contributed by atoms with Crippen LogP contribution in [0.5, 0.6) is 0 Å². The summed E-state index contributed by atoms with van der Waals surface area (Å²) in [5.74, 6) is 1.38. The number of hydrogen-bond donors (Lipinski definition) is 0. The van der Waals surface area contributed by atoms with Crippen LogP contribution in [0.15, 0.2) is 188 Å². The van der Waals surface area contributed by atoms with Crippen molar-refractivity contribution in [2.45, 2.75) is 20.0 Å². The molecule has 0 spiro atoms. The van der Waals surface area contributed by atoms with E-state index in [9.17, 15) is 13.2 Å². The van der Waals surface area contributed by atoms with Crippen molar-refractivity contribution < 1.29 is 13.2 Å². The number of aryl methyl sites for hydroxylation is 2. The van der Waals surface area contributed by atoms with Crippen molar-refractivity contribution in [2.24, 2.45) is 0 Å². The Morgan fingerprint density at radius 3 is 1.33 bits per heavy atom. The Bertz CT molecular complexity index is 3080. The fourth-order valence-corrected chi connectivity index (χ4v) is 8.30. The van der Waals surface area contributed by atoms with Crippen molar-refractivity contribution in [3.05, 3.63) is 205 Å². The van der Waals surface area contributed by atoms with Crippen molar-refractivity contribution in [1.29, 1.82) is 0 Å². The van der Waals surface area contributed by atoms with Gasteiger partial charge in [-0.1, -0.05) is 133 Å². The van der Waals surface area contributed by atoms with E-state index in [4.69, 9.17) is 15.0 Å². The largest absolute Gasteiger partial charge is 0.416 e. The zero-order valence-corrected chi connectivity index (χ0v) is 33.3. The molecule has 10 aromatic rings. The van der Waals surface area contributed by atoms with E-state index in [0.29, 0.717) is 34.2 Å². The number of rotatable bonds is 7. The smallest absolute Gasteiger partial charge is 0.309 e. The summed E-state index contributed by atoms with van der Waals surface area (Å²) in [6, 6.07) is 60.8. The highest BCUT2D eigenvalue weighted by molar-refractivity contribution is 6.12. The average molecular weight is 799 g/mol. The summed E-state index contributed by atoms with van der Waals surface area (Å²) >= 11 is 0.